The van der Waals surface area contributed by atoms with Gasteiger partial charge in [-0.3, -0.25) is 9.80 Å². The maximum absolute atomic E-state index is 13.0. The standard InChI is InChI=1S/C17H23F3N6.ClH/c1-4-25-9-8-24(12-16(25,2)3)11-15-21-22-23-26(15)14-7-5-6-13(10-14)17(18,19)20;/h5-7,10H,4,8-9,11-12H2,1-3H3;1H. The number of hydrogen-bond donors (Lipinski definition) is 0. The molecule has 0 saturated carbocycles. The van der Waals surface area contributed by atoms with Crippen LogP contribution in [0.3, 0.4) is 0 Å². The lowest BCUT2D eigenvalue weighted by molar-refractivity contribution is -0.137. The minimum Gasteiger partial charge on any atom is -0.296 e. The van der Waals surface area contributed by atoms with Crippen molar-refractivity contribution in [1.82, 2.24) is 30.0 Å². The van der Waals surface area contributed by atoms with Crippen molar-refractivity contribution in [3.63, 3.8) is 0 Å². The first-order chi connectivity index (χ1) is 12.2. The van der Waals surface area contributed by atoms with Gasteiger partial charge in [0.15, 0.2) is 5.82 Å². The molecule has 1 aliphatic rings. The van der Waals surface area contributed by atoms with Gasteiger partial charge >= 0.3 is 6.18 Å². The molecule has 0 radical (unpaired) electrons. The molecule has 2 aromatic rings. The average molecular weight is 405 g/mol. The van der Waals surface area contributed by atoms with Crippen molar-refractivity contribution in [2.24, 2.45) is 0 Å². The Hall–Kier alpha value is -1.71. The molecule has 10 heteroatoms. The van der Waals surface area contributed by atoms with E-state index in [1.807, 2.05) is 0 Å². The fourth-order valence-electron chi connectivity index (χ4n) is 3.53. The van der Waals surface area contributed by atoms with Crippen molar-refractivity contribution in [3.05, 3.63) is 35.7 Å². The van der Waals surface area contributed by atoms with Crippen molar-refractivity contribution >= 4 is 12.4 Å². The minimum absolute atomic E-state index is 0. The molecule has 0 spiro atoms. The Labute approximate surface area is 162 Å². The topological polar surface area (TPSA) is 50.1 Å². The van der Waals surface area contributed by atoms with Crippen LogP contribution in [0, 0.1) is 0 Å². The van der Waals surface area contributed by atoms with E-state index in [0.717, 1.165) is 38.3 Å². The van der Waals surface area contributed by atoms with E-state index in [9.17, 15) is 13.2 Å². The lowest BCUT2D eigenvalue weighted by Gasteiger charge is -2.46. The number of rotatable bonds is 4. The van der Waals surface area contributed by atoms with Gasteiger partial charge in [-0.2, -0.15) is 17.9 Å². The Balaban J connectivity index is 0.00000261. The third kappa shape index (κ3) is 4.77. The van der Waals surface area contributed by atoms with E-state index in [-0.39, 0.29) is 17.9 Å². The van der Waals surface area contributed by atoms with Crippen LogP contribution in [0.15, 0.2) is 24.3 Å². The second-order valence-electron chi connectivity index (χ2n) is 7.16. The molecule has 6 nitrogen and oxygen atoms in total. The number of halogens is 4. The van der Waals surface area contributed by atoms with Crippen LogP contribution in [0.25, 0.3) is 5.69 Å². The van der Waals surface area contributed by atoms with Gasteiger partial charge in [-0.25, -0.2) is 0 Å². The number of benzene rings is 1. The van der Waals surface area contributed by atoms with Crippen LogP contribution < -0.4 is 0 Å². The predicted molar refractivity (Wildman–Crippen MR) is 98.0 cm³/mol. The number of nitrogens with zero attached hydrogens (tertiary/aromatic N) is 6. The first kappa shape index (κ1) is 21.6. The van der Waals surface area contributed by atoms with Crippen molar-refractivity contribution in [1.29, 1.82) is 0 Å². The van der Waals surface area contributed by atoms with Crippen molar-refractivity contribution in [3.8, 4) is 5.69 Å². The summed E-state index contributed by atoms with van der Waals surface area (Å²) in [6.45, 7) is 10.7. The van der Waals surface area contributed by atoms with Crippen molar-refractivity contribution < 1.29 is 13.2 Å². The summed E-state index contributed by atoms with van der Waals surface area (Å²) in [4.78, 5) is 4.65. The monoisotopic (exact) mass is 404 g/mol. The van der Waals surface area contributed by atoms with Gasteiger partial charge in [0.05, 0.1) is 17.8 Å². The molecule has 0 aliphatic carbocycles. The molecular formula is C17H24ClF3N6. The number of piperazine rings is 1. The molecule has 0 bridgehead atoms. The number of alkyl halides is 3. The quantitative estimate of drug-likeness (QED) is 0.784. The van der Waals surface area contributed by atoms with E-state index < -0.39 is 11.7 Å². The average Bonchev–Trinajstić information content (AvgIpc) is 3.01. The number of likely N-dealkylation sites (N-methyl/N-ethyl adjacent to an activating group) is 1. The van der Waals surface area contributed by atoms with E-state index in [1.165, 1.54) is 10.7 Å². The summed E-state index contributed by atoms with van der Waals surface area (Å²) in [5, 5.41) is 11.6. The molecule has 27 heavy (non-hydrogen) atoms. The second-order valence-corrected chi connectivity index (χ2v) is 7.16. The maximum Gasteiger partial charge on any atom is 0.416 e. The zero-order valence-corrected chi connectivity index (χ0v) is 16.4. The van der Waals surface area contributed by atoms with Gasteiger partial charge in [-0.1, -0.05) is 13.0 Å². The van der Waals surface area contributed by atoms with Crippen molar-refractivity contribution in [2.75, 3.05) is 26.2 Å². The summed E-state index contributed by atoms with van der Waals surface area (Å²) < 4.78 is 40.3. The molecule has 0 N–H and O–H groups in total. The molecule has 1 fully saturated rings. The minimum atomic E-state index is -4.40. The molecule has 0 atom stereocenters. The fraction of sp³-hybridized carbons (Fsp3) is 0.588. The third-order valence-corrected chi connectivity index (χ3v) is 4.85. The largest absolute Gasteiger partial charge is 0.416 e. The summed E-state index contributed by atoms with van der Waals surface area (Å²) >= 11 is 0. The Morgan fingerprint density at radius 3 is 2.56 bits per heavy atom. The van der Waals surface area contributed by atoms with Crippen LogP contribution in [-0.4, -0.2) is 61.7 Å². The Bertz CT molecular complexity index is 761. The normalized spacial score (nSPS) is 18.3. The van der Waals surface area contributed by atoms with Gasteiger partial charge in [-0.15, -0.1) is 17.5 Å². The van der Waals surface area contributed by atoms with Crippen molar-refractivity contribution in [2.45, 2.75) is 39.0 Å². The van der Waals surface area contributed by atoms with E-state index in [0.29, 0.717) is 18.1 Å². The van der Waals surface area contributed by atoms with Gasteiger partial charge in [-0.05, 0) is 49.0 Å². The maximum atomic E-state index is 13.0. The molecule has 0 unspecified atom stereocenters. The van der Waals surface area contributed by atoms with E-state index >= 15 is 0 Å². The first-order valence-electron chi connectivity index (χ1n) is 8.63. The third-order valence-electron chi connectivity index (χ3n) is 4.85. The highest BCUT2D eigenvalue weighted by molar-refractivity contribution is 5.85. The Morgan fingerprint density at radius 2 is 1.93 bits per heavy atom. The summed E-state index contributed by atoms with van der Waals surface area (Å²) in [5.41, 5.74) is -0.373. The fourth-order valence-corrected chi connectivity index (χ4v) is 3.53. The summed E-state index contributed by atoms with van der Waals surface area (Å²) in [5.74, 6) is 0.532. The van der Waals surface area contributed by atoms with Gasteiger partial charge in [0.2, 0.25) is 0 Å². The Morgan fingerprint density at radius 1 is 1.19 bits per heavy atom. The van der Waals surface area contributed by atoms with Crippen LogP contribution >= 0.6 is 12.4 Å². The highest BCUT2D eigenvalue weighted by Crippen LogP contribution is 2.30. The van der Waals surface area contributed by atoms with Gasteiger partial charge < -0.3 is 0 Å². The zero-order valence-electron chi connectivity index (χ0n) is 15.6. The van der Waals surface area contributed by atoms with Gasteiger partial charge in [0.1, 0.15) is 0 Å². The van der Waals surface area contributed by atoms with Gasteiger partial charge in [0.25, 0.3) is 0 Å². The molecule has 2 heterocycles. The summed E-state index contributed by atoms with van der Waals surface area (Å²) in [6, 6.07) is 5.06. The van der Waals surface area contributed by atoms with E-state index in [2.05, 4.69) is 46.1 Å². The molecule has 1 aromatic carbocycles. The molecule has 1 saturated heterocycles. The zero-order chi connectivity index (χ0) is 18.9. The van der Waals surface area contributed by atoms with Gasteiger partial charge in [0, 0.05) is 25.2 Å². The predicted octanol–water partition coefficient (Wildman–Crippen LogP) is 3.02. The van der Waals surface area contributed by atoms with Crippen LogP contribution in [0.2, 0.25) is 0 Å². The molecule has 150 valence electrons. The Kier molecular flexibility index (Phi) is 6.49. The first-order valence-corrected chi connectivity index (χ1v) is 8.63. The highest BCUT2D eigenvalue weighted by atomic mass is 35.5. The van der Waals surface area contributed by atoms with Crippen LogP contribution in [0.1, 0.15) is 32.2 Å². The summed E-state index contributed by atoms with van der Waals surface area (Å²) in [7, 11) is 0. The molecular weight excluding hydrogens is 381 g/mol. The molecule has 3 rings (SSSR count). The lowest BCUT2D eigenvalue weighted by atomic mass is 9.99. The smallest absolute Gasteiger partial charge is 0.296 e. The second kappa shape index (κ2) is 8.12. The SMILES string of the molecule is CCN1CCN(Cc2nnnn2-c2cccc(C(F)(F)F)c2)CC1(C)C.Cl. The van der Waals surface area contributed by atoms with Crippen LogP contribution in [0.4, 0.5) is 13.2 Å². The summed E-state index contributed by atoms with van der Waals surface area (Å²) in [6.07, 6.45) is -4.40. The van der Waals surface area contributed by atoms with E-state index in [1.54, 1.807) is 6.07 Å². The number of aromatic nitrogens is 4. The van der Waals surface area contributed by atoms with E-state index in [4.69, 9.17) is 0 Å². The highest BCUT2D eigenvalue weighted by Gasteiger charge is 2.33. The lowest BCUT2D eigenvalue weighted by Crippen LogP contribution is -2.58. The molecule has 1 aromatic heterocycles. The molecule has 0 amide bonds. The van der Waals surface area contributed by atoms with Crippen LogP contribution in [-0.2, 0) is 12.7 Å². The number of hydrogen-bond acceptors (Lipinski definition) is 5. The molecule has 1 aliphatic heterocycles. The van der Waals surface area contributed by atoms with Crippen LogP contribution in [0.5, 0.6) is 0 Å². The number of tetrazole rings is 1.